The van der Waals surface area contributed by atoms with E-state index in [0.717, 1.165) is 27.9 Å². The van der Waals surface area contributed by atoms with Crippen molar-refractivity contribution in [3.63, 3.8) is 0 Å². The molecule has 146 valence electrons. The quantitative estimate of drug-likeness (QED) is 0.528. The summed E-state index contributed by atoms with van der Waals surface area (Å²) in [6.07, 6.45) is 0. The molecule has 0 atom stereocenters. The Morgan fingerprint density at radius 2 is 1.71 bits per heavy atom. The lowest BCUT2D eigenvalue weighted by molar-refractivity contribution is 0.0827. The first-order chi connectivity index (χ1) is 13.5. The van der Waals surface area contributed by atoms with Gasteiger partial charge in [-0.05, 0) is 30.7 Å². The molecule has 0 saturated carbocycles. The smallest absolute Gasteiger partial charge is 0.253 e. The fraction of sp³-hybridized carbons (Fsp3) is 0.273. The SMILES string of the molecule is CN=C(NCc1ccc(C(=O)N(C)C)cc1)NCc1oc2ccccc2c1C. The highest BCUT2D eigenvalue weighted by molar-refractivity contribution is 5.93. The number of guanidine groups is 1. The molecule has 3 rings (SSSR count). The van der Waals surface area contributed by atoms with Crippen molar-refractivity contribution >= 4 is 22.8 Å². The number of para-hydroxylation sites is 1. The number of hydrogen-bond acceptors (Lipinski definition) is 3. The molecule has 1 amide bonds. The van der Waals surface area contributed by atoms with Crippen LogP contribution in [0.25, 0.3) is 11.0 Å². The molecule has 0 aliphatic carbocycles. The van der Waals surface area contributed by atoms with Crippen LogP contribution in [-0.2, 0) is 13.1 Å². The number of nitrogens with one attached hydrogen (secondary N) is 2. The van der Waals surface area contributed by atoms with E-state index in [1.54, 1.807) is 26.0 Å². The Bertz CT molecular complexity index is 987. The van der Waals surface area contributed by atoms with Gasteiger partial charge in [0.05, 0.1) is 6.54 Å². The Hall–Kier alpha value is -3.28. The maximum absolute atomic E-state index is 12.0. The highest BCUT2D eigenvalue weighted by atomic mass is 16.3. The first-order valence-corrected chi connectivity index (χ1v) is 9.21. The predicted octanol–water partition coefficient (Wildman–Crippen LogP) is 3.31. The summed E-state index contributed by atoms with van der Waals surface area (Å²) in [6, 6.07) is 15.6. The standard InChI is InChI=1S/C22H26N4O2/c1-15-18-7-5-6-8-19(18)28-20(15)14-25-22(23-2)24-13-16-9-11-17(12-10-16)21(27)26(3)4/h5-12H,13-14H2,1-4H3,(H2,23,24,25). The molecular weight excluding hydrogens is 352 g/mol. The second-order valence-electron chi connectivity index (χ2n) is 6.82. The van der Waals surface area contributed by atoms with Crippen molar-refractivity contribution in [3.8, 4) is 0 Å². The minimum absolute atomic E-state index is 0.00168. The second-order valence-corrected chi connectivity index (χ2v) is 6.82. The molecule has 6 nitrogen and oxygen atoms in total. The van der Waals surface area contributed by atoms with Crippen LogP contribution in [0.3, 0.4) is 0 Å². The highest BCUT2D eigenvalue weighted by Gasteiger charge is 2.11. The Morgan fingerprint density at radius 3 is 2.36 bits per heavy atom. The maximum atomic E-state index is 12.0. The molecule has 2 N–H and O–H groups in total. The Balaban J connectivity index is 1.57. The van der Waals surface area contributed by atoms with Gasteiger partial charge in [-0.2, -0.15) is 0 Å². The van der Waals surface area contributed by atoms with Gasteiger partial charge in [0, 0.05) is 44.2 Å². The summed E-state index contributed by atoms with van der Waals surface area (Å²) < 4.78 is 5.93. The van der Waals surface area contributed by atoms with Crippen LogP contribution < -0.4 is 10.6 Å². The fourth-order valence-electron chi connectivity index (χ4n) is 2.99. The number of amides is 1. The normalized spacial score (nSPS) is 11.5. The number of benzene rings is 2. The molecule has 6 heteroatoms. The van der Waals surface area contributed by atoms with E-state index in [2.05, 4.69) is 28.6 Å². The molecule has 0 spiro atoms. The van der Waals surface area contributed by atoms with Crippen LogP contribution >= 0.6 is 0 Å². The fourth-order valence-corrected chi connectivity index (χ4v) is 2.99. The zero-order valence-electron chi connectivity index (χ0n) is 16.7. The number of nitrogens with zero attached hydrogens (tertiary/aromatic N) is 2. The zero-order valence-corrected chi connectivity index (χ0v) is 16.7. The average molecular weight is 378 g/mol. The topological polar surface area (TPSA) is 69.9 Å². The van der Waals surface area contributed by atoms with Crippen LogP contribution in [0.4, 0.5) is 0 Å². The molecular formula is C22H26N4O2. The highest BCUT2D eigenvalue weighted by Crippen LogP contribution is 2.24. The summed E-state index contributed by atoms with van der Waals surface area (Å²) in [5.74, 6) is 1.59. The molecule has 0 saturated heterocycles. The maximum Gasteiger partial charge on any atom is 0.253 e. The van der Waals surface area contributed by atoms with Crippen molar-refractivity contribution < 1.29 is 9.21 Å². The van der Waals surface area contributed by atoms with Crippen LogP contribution in [0.5, 0.6) is 0 Å². The minimum Gasteiger partial charge on any atom is -0.459 e. The lowest BCUT2D eigenvalue weighted by atomic mass is 10.1. The van der Waals surface area contributed by atoms with Crippen molar-refractivity contribution in [2.24, 2.45) is 4.99 Å². The van der Waals surface area contributed by atoms with Crippen molar-refractivity contribution in [2.75, 3.05) is 21.1 Å². The number of carbonyl (C=O) groups is 1. The summed E-state index contributed by atoms with van der Waals surface area (Å²) in [7, 11) is 5.23. The third kappa shape index (κ3) is 4.34. The number of fused-ring (bicyclic) bond motifs is 1. The molecule has 0 fully saturated rings. The Kier molecular flexibility index (Phi) is 5.99. The van der Waals surface area contributed by atoms with E-state index < -0.39 is 0 Å². The number of carbonyl (C=O) groups excluding carboxylic acids is 1. The van der Waals surface area contributed by atoms with Crippen molar-refractivity contribution in [3.05, 3.63) is 71.0 Å². The molecule has 1 aromatic heterocycles. The predicted molar refractivity (Wildman–Crippen MR) is 112 cm³/mol. The van der Waals surface area contributed by atoms with Crippen molar-refractivity contribution in [1.29, 1.82) is 0 Å². The van der Waals surface area contributed by atoms with Gasteiger partial charge < -0.3 is 20.0 Å². The molecule has 28 heavy (non-hydrogen) atoms. The molecule has 0 bridgehead atoms. The van der Waals surface area contributed by atoms with Gasteiger partial charge in [-0.3, -0.25) is 9.79 Å². The first-order valence-electron chi connectivity index (χ1n) is 9.21. The molecule has 0 aliphatic heterocycles. The number of rotatable bonds is 5. The van der Waals surface area contributed by atoms with E-state index in [0.29, 0.717) is 24.6 Å². The van der Waals surface area contributed by atoms with E-state index in [4.69, 9.17) is 4.42 Å². The lowest BCUT2D eigenvalue weighted by Gasteiger charge is -2.13. The lowest BCUT2D eigenvalue weighted by Crippen LogP contribution is -2.36. The van der Waals surface area contributed by atoms with Crippen molar-refractivity contribution in [2.45, 2.75) is 20.0 Å². The molecule has 0 radical (unpaired) electrons. The molecule has 3 aromatic rings. The average Bonchev–Trinajstić information content (AvgIpc) is 3.04. The van der Waals surface area contributed by atoms with Gasteiger partial charge in [0.2, 0.25) is 0 Å². The van der Waals surface area contributed by atoms with E-state index in [-0.39, 0.29) is 5.91 Å². The van der Waals surface area contributed by atoms with Crippen LogP contribution in [0, 0.1) is 6.92 Å². The van der Waals surface area contributed by atoms with Crippen LogP contribution in [-0.4, -0.2) is 37.9 Å². The van der Waals surface area contributed by atoms with E-state index >= 15 is 0 Å². The number of aryl methyl sites for hydroxylation is 1. The van der Waals surface area contributed by atoms with Gasteiger partial charge in [-0.1, -0.05) is 30.3 Å². The van der Waals surface area contributed by atoms with E-state index in [1.165, 1.54) is 0 Å². The summed E-state index contributed by atoms with van der Waals surface area (Å²) in [6.45, 7) is 3.22. The zero-order chi connectivity index (χ0) is 20.1. The second kappa shape index (κ2) is 8.61. The monoisotopic (exact) mass is 378 g/mol. The van der Waals surface area contributed by atoms with Gasteiger partial charge in [0.1, 0.15) is 11.3 Å². The molecule has 0 aliphatic rings. The van der Waals surface area contributed by atoms with Gasteiger partial charge in [0.15, 0.2) is 5.96 Å². The summed E-state index contributed by atoms with van der Waals surface area (Å²) in [5.41, 5.74) is 3.78. The summed E-state index contributed by atoms with van der Waals surface area (Å²) in [5, 5.41) is 7.70. The number of hydrogen-bond donors (Lipinski definition) is 2. The summed E-state index contributed by atoms with van der Waals surface area (Å²) >= 11 is 0. The molecule has 2 aromatic carbocycles. The Labute approximate surface area is 165 Å². The van der Waals surface area contributed by atoms with Crippen LogP contribution in [0.1, 0.15) is 27.2 Å². The van der Waals surface area contributed by atoms with E-state index in [9.17, 15) is 4.79 Å². The third-order valence-electron chi connectivity index (χ3n) is 4.65. The minimum atomic E-state index is -0.00168. The summed E-state index contributed by atoms with van der Waals surface area (Å²) in [4.78, 5) is 17.8. The molecule has 0 unspecified atom stereocenters. The Morgan fingerprint density at radius 1 is 1.04 bits per heavy atom. The molecule has 1 heterocycles. The van der Waals surface area contributed by atoms with Gasteiger partial charge in [-0.15, -0.1) is 0 Å². The van der Waals surface area contributed by atoms with Crippen LogP contribution in [0.2, 0.25) is 0 Å². The van der Waals surface area contributed by atoms with Gasteiger partial charge in [0.25, 0.3) is 5.91 Å². The van der Waals surface area contributed by atoms with E-state index in [1.807, 2.05) is 42.5 Å². The van der Waals surface area contributed by atoms with Crippen molar-refractivity contribution in [1.82, 2.24) is 15.5 Å². The third-order valence-corrected chi connectivity index (χ3v) is 4.65. The van der Waals surface area contributed by atoms with Crippen LogP contribution in [0.15, 0.2) is 57.9 Å². The largest absolute Gasteiger partial charge is 0.459 e. The number of aliphatic imine (C=N–C) groups is 1. The first kappa shape index (κ1) is 19.5. The van der Waals surface area contributed by atoms with Gasteiger partial charge in [-0.25, -0.2) is 0 Å². The van der Waals surface area contributed by atoms with Gasteiger partial charge >= 0.3 is 0 Å². The number of furan rings is 1.